The molecule has 8 heteroatoms. The van der Waals surface area contributed by atoms with Crippen LogP contribution in [0.5, 0.6) is 0 Å². The number of hydrogen-bond donors (Lipinski definition) is 3. The fourth-order valence-electron chi connectivity index (χ4n) is 3.73. The van der Waals surface area contributed by atoms with Crippen molar-refractivity contribution >= 4 is 16.9 Å². The third-order valence-electron chi connectivity index (χ3n) is 5.29. The Morgan fingerprint density at radius 2 is 2.15 bits per heavy atom. The summed E-state index contributed by atoms with van der Waals surface area (Å²) in [5.41, 5.74) is 0.409. The molecule has 3 N–H and O–H groups in total. The maximum atomic E-state index is 13.0. The number of H-pyrrole nitrogens is 1. The molecule has 0 unspecified atom stereocenters. The van der Waals surface area contributed by atoms with Crippen molar-refractivity contribution in [3.63, 3.8) is 0 Å². The molecule has 2 fully saturated rings. The summed E-state index contributed by atoms with van der Waals surface area (Å²) in [4.78, 5) is 44.9. The van der Waals surface area contributed by atoms with E-state index in [4.69, 9.17) is 0 Å². The van der Waals surface area contributed by atoms with E-state index in [0.29, 0.717) is 23.7 Å². The van der Waals surface area contributed by atoms with Crippen molar-refractivity contribution in [2.24, 2.45) is 0 Å². The van der Waals surface area contributed by atoms with Gasteiger partial charge >= 0.3 is 5.69 Å². The van der Waals surface area contributed by atoms with Gasteiger partial charge in [-0.2, -0.15) is 0 Å². The molecule has 0 aromatic carbocycles. The fourth-order valence-corrected chi connectivity index (χ4v) is 3.73. The number of aromatic nitrogens is 3. The van der Waals surface area contributed by atoms with Crippen LogP contribution >= 0.6 is 0 Å². The van der Waals surface area contributed by atoms with Crippen LogP contribution in [-0.4, -0.2) is 39.6 Å². The lowest BCUT2D eigenvalue weighted by molar-refractivity contribution is 0.0932. The van der Waals surface area contributed by atoms with E-state index >= 15 is 0 Å². The molecule has 3 heterocycles. The predicted octanol–water partition coefficient (Wildman–Crippen LogP) is 0.854. The summed E-state index contributed by atoms with van der Waals surface area (Å²) in [6, 6.07) is 1.78. The zero-order chi connectivity index (χ0) is 19.0. The molecule has 1 aliphatic carbocycles. The van der Waals surface area contributed by atoms with Crippen molar-refractivity contribution < 1.29 is 4.79 Å². The van der Waals surface area contributed by atoms with Crippen LogP contribution in [0.15, 0.2) is 15.7 Å². The molecule has 27 heavy (non-hydrogen) atoms. The minimum absolute atomic E-state index is 0.0412. The molecule has 1 saturated heterocycles. The van der Waals surface area contributed by atoms with Crippen molar-refractivity contribution in [3.05, 3.63) is 38.2 Å². The van der Waals surface area contributed by atoms with E-state index in [1.165, 1.54) is 4.57 Å². The van der Waals surface area contributed by atoms with Gasteiger partial charge in [0.15, 0.2) is 5.65 Å². The summed E-state index contributed by atoms with van der Waals surface area (Å²) in [6.45, 7) is 4.08. The lowest BCUT2D eigenvalue weighted by Crippen LogP contribution is -2.46. The molecule has 2 aromatic rings. The largest absolute Gasteiger partial charge is 0.348 e. The number of fused-ring (bicyclic) bond motifs is 1. The third kappa shape index (κ3) is 3.53. The van der Waals surface area contributed by atoms with Gasteiger partial charge in [0.05, 0.1) is 10.9 Å². The van der Waals surface area contributed by atoms with Gasteiger partial charge in [-0.15, -0.1) is 0 Å². The zero-order valence-corrected chi connectivity index (χ0v) is 15.5. The SMILES string of the molecule is CCCn1c(=O)[nH]c(=O)c2c(C(=O)N[C@H]3CCCNC3)cc(C3CC3)nc21. The standard InChI is InChI=1S/C19H25N5O3/c1-2-8-24-16-15(18(26)23-19(24)27)13(9-14(22-16)11-5-6-11)17(25)21-12-4-3-7-20-10-12/h9,11-12,20H,2-8,10H2,1H3,(H,21,25)(H,23,26,27)/t12-/m0/s1. The summed E-state index contributed by atoms with van der Waals surface area (Å²) < 4.78 is 1.47. The lowest BCUT2D eigenvalue weighted by atomic mass is 10.0. The maximum absolute atomic E-state index is 13.0. The molecule has 2 aliphatic rings. The van der Waals surface area contributed by atoms with Gasteiger partial charge in [0, 0.05) is 30.7 Å². The highest BCUT2D eigenvalue weighted by molar-refractivity contribution is 6.05. The summed E-state index contributed by atoms with van der Waals surface area (Å²) in [5, 5.41) is 6.51. The normalized spacial score (nSPS) is 20.0. The van der Waals surface area contributed by atoms with Crippen molar-refractivity contribution in [2.75, 3.05) is 13.1 Å². The van der Waals surface area contributed by atoms with Gasteiger partial charge in [-0.3, -0.25) is 19.1 Å². The van der Waals surface area contributed by atoms with E-state index in [0.717, 1.165) is 50.9 Å². The molecule has 1 aliphatic heterocycles. The number of carbonyl (C=O) groups is 1. The molecule has 4 rings (SSSR count). The number of nitrogens with one attached hydrogen (secondary N) is 3. The van der Waals surface area contributed by atoms with Gasteiger partial charge in [-0.25, -0.2) is 9.78 Å². The fraction of sp³-hybridized carbons (Fsp3) is 0.579. The van der Waals surface area contributed by atoms with Crippen LogP contribution in [0.4, 0.5) is 0 Å². The Labute approximate surface area is 156 Å². The van der Waals surface area contributed by atoms with Crippen molar-refractivity contribution in [3.8, 4) is 0 Å². The number of nitrogens with zero attached hydrogens (tertiary/aromatic N) is 2. The number of aryl methyl sites for hydroxylation is 1. The summed E-state index contributed by atoms with van der Waals surface area (Å²) in [7, 11) is 0. The number of hydrogen-bond acceptors (Lipinski definition) is 5. The Kier molecular flexibility index (Phi) is 4.82. The molecule has 1 saturated carbocycles. The Bertz CT molecular complexity index is 983. The molecule has 0 radical (unpaired) electrons. The van der Waals surface area contributed by atoms with E-state index in [1.54, 1.807) is 6.07 Å². The van der Waals surface area contributed by atoms with Crippen molar-refractivity contribution in [1.29, 1.82) is 0 Å². The minimum atomic E-state index is -0.552. The molecule has 2 aromatic heterocycles. The average Bonchev–Trinajstić information content (AvgIpc) is 3.50. The van der Waals surface area contributed by atoms with Gasteiger partial charge in [-0.1, -0.05) is 6.92 Å². The van der Waals surface area contributed by atoms with E-state index in [9.17, 15) is 14.4 Å². The first-order chi connectivity index (χ1) is 13.1. The number of aromatic amines is 1. The molecule has 8 nitrogen and oxygen atoms in total. The van der Waals surface area contributed by atoms with Gasteiger partial charge in [0.25, 0.3) is 11.5 Å². The lowest BCUT2D eigenvalue weighted by Gasteiger charge is -2.24. The Balaban J connectivity index is 1.85. The van der Waals surface area contributed by atoms with Gasteiger partial charge in [0.1, 0.15) is 0 Å². The van der Waals surface area contributed by atoms with Crippen LogP contribution in [0.3, 0.4) is 0 Å². The summed E-state index contributed by atoms with van der Waals surface area (Å²) >= 11 is 0. The average molecular weight is 371 g/mol. The zero-order valence-electron chi connectivity index (χ0n) is 15.5. The van der Waals surface area contributed by atoms with E-state index < -0.39 is 11.2 Å². The number of carbonyl (C=O) groups excluding carboxylic acids is 1. The van der Waals surface area contributed by atoms with Crippen LogP contribution in [0.1, 0.15) is 61.0 Å². The van der Waals surface area contributed by atoms with Crippen LogP contribution in [0, 0.1) is 0 Å². The highest BCUT2D eigenvalue weighted by atomic mass is 16.2. The minimum Gasteiger partial charge on any atom is -0.348 e. The first-order valence-electron chi connectivity index (χ1n) is 9.77. The summed E-state index contributed by atoms with van der Waals surface area (Å²) in [5.74, 6) is 0.0342. The van der Waals surface area contributed by atoms with E-state index in [-0.39, 0.29) is 17.3 Å². The maximum Gasteiger partial charge on any atom is 0.329 e. The molecular weight excluding hydrogens is 346 g/mol. The second kappa shape index (κ2) is 7.26. The molecular formula is C19H25N5O3. The van der Waals surface area contributed by atoms with Crippen LogP contribution in [0.2, 0.25) is 0 Å². The van der Waals surface area contributed by atoms with Crippen LogP contribution in [0.25, 0.3) is 11.0 Å². The Hall–Kier alpha value is -2.48. The Morgan fingerprint density at radius 1 is 1.33 bits per heavy atom. The summed E-state index contributed by atoms with van der Waals surface area (Å²) in [6.07, 6.45) is 4.69. The number of piperidine rings is 1. The van der Waals surface area contributed by atoms with Crippen LogP contribution < -0.4 is 21.9 Å². The molecule has 1 atom stereocenters. The Morgan fingerprint density at radius 3 is 2.81 bits per heavy atom. The van der Waals surface area contributed by atoms with Crippen molar-refractivity contribution in [1.82, 2.24) is 25.2 Å². The van der Waals surface area contributed by atoms with Crippen LogP contribution in [-0.2, 0) is 6.54 Å². The van der Waals surface area contributed by atoms with Gasteiger partial charge < -0.3 is 10.6 Å². The number of rotatable bonds is 5. The molecule has 144 valence electrons. The second-order valence-electron chi connectivity index (χ2n) is 7.50. The highest BCUT2D eigenvalue weighted by Gasteiger charge is 2.29. The van der Waals surface area contributed by atoms with Gasteiger partial charge in [0.2, 0.25) is 0 Å². The second-order valence-corrected chi connectivity index (χ2v) is 7.50. The predicted molar refractivity (Wildman–Crippen MR) is 102 cm³/mol. The first-order valence-corrected chi connectivity index (χ1v) is 9.77. The quantitative estimate of drug-likeness (QED) is 0.722. The number of pyridine rings is 1. The number of amides is 1. The third-order valence-corrected chi connectivity index (χ3v) is 5.29. The smallest absolute Gasteiger partial charge is 0.329 e. The topological polar surface area (TPSA) is 109 Å². The first kappa shape index (κ1) is 17.9. The highest BCUT2D eigenvalue weighted by Crippen LogP contribution is 2.39. The molecule has 1 amide bonds. The monoisotopic (exact) mass is 371 g/mol. The van der Waals surface area contributed by atoms with Crippen molar-refractivity contribution in [2.45, 2.75) is 57.5 Å². The van der Waals surface area contributed by atoms with Gasteiger partial charge in [-0.05, 0) is 44.7 Å². The van der Waals surface area contributed by atoms with E-state index in [2.05, 4.69) is 20.6 Å². The van der Waals surface area contributed by atoms with E-state index in [1.807, 2.05) is 6.92 Å². The molecule has 0 spiro atoms. The molecule has 0 bridgehead atoms.